The van der Waals surface area contributed by atoms with E-state index in [0.717, 1.165) is 5.92 Å². The summed E-state index contributed by atoms with van der Waals surface area (Å²) in [5, 5.41) is 0. The molecule has 0 radical (unpaired) electrons. The first-order valence-electron chi connectivity index (χ1n) is 3.89. The molecule has 0 aromatic rings. The van der Waals surface area contributed by atoms with E-state index < -0.39 is 0 Å². The third-order valence-corrected chi connectivity index (χ3v) is 2.41. The molecule has 0 atom stereocenters. The zero-order valence-corrected chi connectivity index (χ0v) is 6.48. The third-order valence-electron chi connectivity index (χ3n) is 2.41. The van der Waals surface area contributed by atoms with Crippen LogP contribution in [0.4, 0.5) is 0 Å². The highest BCUT2D eigenvalue weighted by atomic mass is 14.7. The fourth-order valence-electron chi connectivity index (χ4n) is 1.67. The van der Waals surface area contributed by atoms with Crippen LogP contribution in [0.25, 0.3) is 0 Å². The van der Waals surface area contributed by atoms with Gasteiger partial charge in [0.15, 0.2) is 0 Å². The Morgan fingerprint density at radius 2 is 1.67 bits per heavy atom. The van der Waals surface area contributed by atoms with Crippen molar-refractivity contribution in [2.45, 2.75) is 45.1 Å². The average molecular weight is 127 g/mol. The van der Waals surface area contributed by atoms with Gasteiger partial charge < -0.3 is 5.73 Å². The molecule has 0 amide bonds. The fourth-order valence-corrected chi connectivity index (χ4v) is 1.67. The highest BCUT2D eigenvalue weighted by Crippen LogP contribution is 2.31. The molecule has 2 N–H and O–H groups in total. The monoisotopic (exact) mass is 127 g/mol. The maximum absolute atomic E-state index is 5.94. The number of rotatable bonds is 1. The van der Waals surface area contributed by atoms with E-state index in [1.807, 2.05) is 0 Å². The average Bonchev–Trinajstić information content (AvgIpc) is 2.08. The van der Waals surface area contributed by atoms with Crippen molar-refractivity contribution in [1.82, 2.24) is 0 Å². The van der Waals surface area contributed by atoms with Gasteiger partial charge in [0.1, 0.15) is 0 Å². The van der Waals surface area contributed by atoms with E-state index >= 15 is 0 Å². The molecule has 54 valence electrons. The quantitative estimate of drug-likeness (QED) is 0.572. The maximum Gasteiger partial charge on any atom is 0.0125 e. The molecule has 1 heteroatoms. The zero-order chi connectivity index (χ0) is 6.91. The molecule has 9 heavy (non-hydrogen) atoms. The van der Waals surface area contributed by atoms with Crippen molar-refractivity contribution in [3.63, 3.8) is 0 Å². The van der Waals surface area contributed by atoms with Gasteiger partial charge in [0.25, 0.3) is 0 Å². The predicted octanol–water partition coefficient (Wildman–Crippen LogP) is 1.91. The molecule has 1 saturated carbocycles. The van der Waals surface area contributed by atoms with Crippen molar-refractivity contribution in [2.24, 2.45) is 11.7 Å². The van der Waals surface area contributed by atoms with E-state index in [-0.39, 0.29) is 5.54 Å². The van der Waals surface area contributed by atoms with Gasteiger partial charge in [-0.3, -0.25) is 0 Å². The zero-order valence-electron chi connectivity index (χ0n) is 6.48. The minimum Gasteiger partial charge on any atom is -0.325 e. The van der Waals surface area contributed by atoms with Gasteiger partial charge in [0.05, 0.1) is 0 Å². The Morgan fingerprint density at radius 3 is 1.89 bits per heavy atom. The van der Waals surface area contributed by atoms with Crippen molar-refractivity contribution >= 4 is 0 Å². The van der Waals surface area contributed by atoms with Gasteiger partial charge >= 0.3 is 0 Å². The van der Waals surface area contributed by atoms with Crippen molar-refractivity contribution in [1.29, 1.82) is 0 Å². The van der Waals surface area contributed by atoms with Crippen LogP contribution >= 0.6 is 0 Å². The topological polar surface area (TPSA) is 26.0 Å². The first-order chi connectivity index (χ1) is 4.11. The lowest BCUT2D eigenvalue weighted by atomic mass is 9.87. The summed E-state index contributed by atoms with van der Waals surface area (Å²) < 4.78 is 0. The maximum atomic E-state index is 5.94. The van der Waals surface area contributed by atoms with Gasteiger partial charge in [-0.15, -0.1) is 0 Å². The van der Waals surface area contributed by atoms with E-state index in [0.29, 0.717) is 0 Å². The van der Waals surface area contributed by atoms with Gasteiger partial charge in [-0.2, -0.15) is 0 Å². The van der Waals surface area contributed by atoms with E-state index in [1.54, 1.807) is 0 Å². The highest BCUT2D eigenvalue weighted by Gasteiger charge is 2.27. The smallest absolute Gasteiger partial charge is 0.0125 e. The molecule has 0 aromatic carbocycles. The predicted molar refractivity (Wildman–Crippen MR) is 40.2 cm³/mol. The first kappa shape index (κ1) is 7.07. The lowest BCUT2D eigenvalue weighted by Crippen LogP contribution is -2.39. The van der Waals surface area contributed by atoms with Crippen LogP contribution in [-0.2, 0) is 0 Å². The van der Waals surface area contributed by atoms with Crippen LogP contribution in [0.1, 0.15) is 39.5 Å². The number of hydrogen-bond donors (Lipinski definition) is 1. The number of nitrogens with two attached hydrogens (primary N) is 1. The molecule has 0 spiro atoms. The molecule has 0 bridgehead atoms. The molecule has 0 heterocycles. The van der Waals surface area contributed by atoms with Crippen LogP contribution in [0.15, 0.2) is 0 Å². The molecule has 1 fully saturated rings. The summed E-state index contributed by atoms with van der Waals surface area (Å²) in [6.45, 7) is 4.28. The molecule has 0 aliphatic heterocycles. The second kappa shape index (κ2) is 2.30. The van der Waals surface area contributed by atoms with Crippen LogP contribution in [0.5, 0.6) is 0 Å². The first-order valence-corrected chi connectivity index (χ1v) is 3.89. The third kappa shape index (κ3) is 1.68. The summed E-state index contributed by atoms with van der Waals surface area (Å²) in [5.41, 5.74) is 6.02. The van der Waals surface area contributed by atoms with Crippen molar-refractivity contribution < 1.29 is 0 Å². The van der Waals surface area contributed by atoms with Gasteiger partial charge in [-0.25, -0.2) is 0 Å². The molecule has 0 aromatic heterocycles. The lowest BCUT2D eigenvalue weighted by Gasteiger charge is -2.26. The van der Waals surface area contributed by atoms with Crippen molar-refractivity contribution in [3.8, 4) is 0 Å². The van der Waals surface area contributed by atoms with Gasteiger partial charge in [0.2, 0.25) is 0 Å². The van der Waals surface area contributed by atoms with Crippen LogP contribution in [0.3, 0.4) is 0 Å². The summed E-state index contributed by atoms with van der Waals surface area (Å²) >= 11 is 0. The van der Waals surface area contributed by atoms with Crippen LogP contribution in [0, 0.1) is 5.92 Å². The lowest BCUT2D eigenvalue weighted by molar-refractivity contribution is 0.328. The van der Waals surface area contributed by atoms with E-state index in [4.69, 9.17) is 5.73 Å². The molecule has 0 unspecified atom stereocenters. The Hall–Kier alpha value is -0.0400. The van der Waals surface area contributed by atoms with E-state index in [1.165, 1.54) is 25.7 Å². The highest BCUT2D eigenvalue weighted by molar-refractivity contribution is 4.85. The Kier molecular flexibility index (Phi) is 1.80. The normalized spacial score (nSPS) is 23.0. The van der Waals surface area contributed by atoms with Crippen LogP contribution in [0.2, 0.25) is 0 Å². The molecule has 1 rings (SSSR count). The Morgan fingerprint density at radius 1 is 1.22 bits per heavy atom. The summed E-state index contributed by atoms with van der Waals surface area (Å²) in [5.74, 6) is 0.789. The minimum absolute atomic E-state index is 0.0799. The molecular weight excluding hydrogens is 110 g/mol. The molecule has 0 saturated heterocycles. The molecular formula is C8H17N. The minimum atomic E-state index is 0.0799. The van der Waals surface area contributed by atoms with E-state index in [2.05, 4.69) is 13.8 Å². The standard InChI is InChI=1S/C8H17N/c1-8(2,9)7-5-3-4-6-7/h7H,3-6,9H2,1-2H3. The summed E-state index contributed by atoms with van der Waals surface area (Å²) in [6, 6.07) is 0. The van der Waals surface area contributed by atoms with Gasteiger partial charge in [-0.1, -0.05) is 12.8 Å². The summed E-state index contributed by atoms with van der Waals surface area (Å²) in [4.78, 5) is 0. The largest absolute Gasteiger partial charge is 0.325 e. The number of hydrogen-bond acceptors (Lipinski definition) is 1. The molecule has 1 nitrogen and oxygen atoms in total. The second-order valence-electron chi connectivity index (χ2n) is 3.80. The Bertz CT molecular complexity index is 85.2. The summed E-state index contributed by atoms with van der Waals surface area (Å²) in [6.07, 6.45) is 5.49. The van der Waals surface area contributed by atoms with Crippen LogP contribution in [-0.4, -0.2) is 5.54 Å². The van der Waals surface area contributed by atoms with Crippen molar-refractivity contribution in [3.05, 3.63) is 0 Å². The van der Waals surface area contributed by atoms with Gasteiger partial charge in [0, 0.05) is 5.54 Å². The Labute approximate surface area is 57.6 Å². The van der Waals surface area contributed by atoms with Crippen LogP contribution < -0.4 is 5.73 Å². The summed E-state index contributed by atoms with van der Waals surface area (Å²) in [7, 11) is 0. The molecule has 1 aliphatic rings. The van der Waals surface area contributed by atoms with E-state index in [9.17, 15) is 0 Å². The fraction of sp³-hybridized carbons (Fsp3) is 1.00. The second-order valence-corrected chi connectivity index (χ2v) is 3.80. The SMILES string of the molecule is CC(C)(N)C1CCCC1. The molecule has 1 aliphatic carbocycles. The van der Waals surface area contributed by atoms with Crippen molar-refractivity contribution in [2.75, 3.05) is 0 Å². The Balaban J connectivity index is 2.42. The van der Waals surface area contributed by atoms with Gasteiger partial charge in [-0.05, 0) is 32.6 Å².